The lowest BCUT2D eigenvalue weighted by molar-refractivity contribution is -0.128. The highest BCUT2D eigenvalue weighted by atomic mass is 79.9. The summed E-state index contributed by atoms with van der Waals surface area (Å²) >= 11 is 3.21. The van der Waals surface area contributed by atoms with Gasteiger partial charge in [0.15, 0.2) is 5.88 Å². The van der Waals surface area contributed by atoms with E-state index in [1.54, 1.807) is 12.1 Å². The second-order valence-corrected chi connectivity index (χ2v) is 12.7. The van der Waals surface area contributed by atoms with E-state index in [-0.39, 0.29) is 23.3 Å². The Hall–Kier alpha value is -2.11. The number of likely N-dealkylation sites (tertiary alicyclic amines) is 1. The van der Waals surface area contributed by atoms with Crippen LogP contribution in [0.5, 0.6) is 0 Å². The summed E-state index contributed by atoms with van der Waals surface area (Å²) in [6.45, 7) is 12.8. The van der Waals surface area contributed by atoms with Crippen LogP contribution in [-0.4, -0.2) is 56.5 Å². The van der Waals surface area contributed by atoms with E-state index in [2.05, 4.69) is 55.5 Å². The van der Waals surface area contributed by atoms with Gasteiger partial charge in [-0.3, -0.25) is 13.8 Å². The number of halogens is 1. The molecule has 0 bridgehead atoms. The fourth-order valence-corrected chi connectivity index (χ4v) is 5.17. The third-order valence-corrected chi connectivity index (χ3v) is 8.32. The number of benzene rings is 1. The minimum absolute atomic E-state index is 0.00544. The van der Waals surface area contributed by atoms with E-state index in [1.165, 1.54) is 37.8 Å². The summed E-state index contributed by atoms with van der Waals surface area (Å²) < 4.78 is 35.8. The third-order valence-electron chi connectivity index (χ3n) is 6.42. The van der Waals surface area contributed by atoms with E-state index >= 15 is 0 Å². The van der Waals surface area contributed by atoms with E-state index in [4.69, 9.17) is 14.7 Å². The zero-order valence-electron chi connectivity index (χ0n) is 21.4. The first kappa shape index (κ1) is 30.1. The molecule has 1 aliphatic carbocycles. The molecule has 3 unspecified atom stereocenters. The van der Waals surface area contributed by atoms with Crippen molar-refractivity contribution < 1.29 is 26.9 Å². The van der Waals surface area contributed by atoms with Crippen molar-refractivity contribution in [1.82, 2.24) is 10.2 Å². The van der Waals surface area contributed by atoms with Crippen LogP contribution in [0.2, 0.25) is 0 Å². The molecule has 1 saturated heterocycles. The molecule has 36 heavy (non-hydrogen) atoms. The van der Waals surface area contributed by atoms with Crippen molar-refractivity contribution in [2.75, 3.05) is 6.54 Å². The highest BCUT2D eigenvalue weighted by Gasteiger charge is 2.38. The van der Waals surface area contributed by atoms with Gasteiger partial charge < -0.3 is 20.7 Å². The number of nitrogens with zero attached hydrogens (tertiary/aromatic N) is 1. The molecule has 3 N–H and O–H groups in total. The number of primary amides is 1. The molecule has 2 aliphatic rings. The lowest BCUT2D eigenvalue weighted by Crippen LogP contribution is -2.39. The minimum Gasteiger partial charge on any atom is -0.476 e. The number of ether oxygens (including phenoxy) is 1. The van der Waals surface area contributed by atoms with Crippen LogP contribution in [-0.2, 0) is 28.6 Å². The third kappa shape index (κ3) is 9.08. The van der Waals surface area contributed by atoms with Gasteiger partial charge in [-0.15, -0.1) is 0 Å². The fourth-order valence-electron chi connectivity index (χ4n) is 3.82. The van der Waals surface area contributed by atoms with Crippen molar-refractivity contribution in [3.05, 3.63) is 41.2 Å². The number of hydrogen-bond acceptors (Lipinski definition) is 7. The Kier molecular flexibility index (Phi) is 10.8. The molecule has 2 fully saturated rings. The molecule has 1 aromatic rings. The molecule has 1 aliphatic heterocycles. The standard InChI is InChI=1S/C13H25NO.C12H13BrN2O5S/c1-10(13(3,4)5)14-11(2)15-12-8-6-7-9-12;13-8-1-3-10(4-2-8)21(18,19)20-9-5-11(12(14)17)15(6-9)7-16/h10,12,14H,2,6-9H2,1,3-5H3;1-4,7,9,11H,5-6H2,(H2,14,17). The van der Waals surface area contributed by atoms with Gasteiger partial charge in [0.2, 0.25) is 12.3 Å². The maximum Gasteiger partial charge on any atom is 0.297 e. The summed E-state index contributed by atoms with van der Waals surface area (Å²) in [4.78, 5) is 23.2. The van der Waals surface area contributed by atoms with Gasteiger partial charge in [-0.2, -0.15) is 8.42 Å². The summed E-state index contributed by atoms with van der Waals surface area (Å²) in [5.41, 5.74) is 5.41. The van der Waals surface area contributed by atoms with Gasteiger partial charge in [0.25, 0.3) is 10.1 Å². The highest BCUT2D eigenvalue weighted by molar-refractivity contribution is 9.10. The largest absolute Gasteiger partial charge is 0.476 e. The number of rotatable bonds is 9. The first-order valence-electron chi connectivity index (χ1n) is 12.0. The molecule has 0 aromatic heterocycles. The van der Waals surface area contributed by atoms with E-state index in [0.29, 0.717) is 18.6 Å². The predicted molar refractivity (Wildman–Crippen MR) is 141 cm³/mol. The number of carbonyl (C=O) groups excluding carboxylic acids is 2. The van der Waals surface area contributed by atoms with E-state index in [1.807, 2.05) is 0 Å². The molecule has 0 spiro atoms. The average molecular weight is 589 g/mol. The van der Waals surface area contributed by atoms with Gasteiger partial charge in [-0.25, -0.2) is 0 Å². The fraction of sp³-hybridized carbons (Fsp3) is 0.600. The Labute approximate surface area is 223 Å². The Morgan fingerprint density at radius 1 is 1.22 bits per heavy atom. The molecule has 2 amide bonds. The van der Waals surface area contributed by atoms with Crippen LogP contribution in [0.4, 0.5) is 0 Å². The zero-order valence-corrected chi connectivity index (χ0v) is 23.8. The maximum atomic E-state index is 12.1. The monoisotopic (exact) mass is 587 g/mol. The van der Waals surface area contributed by atoms with Crippen LogP contribution in [0.1, 0.15) is 59.8 Å². The lowest BCUT2D eigenvalue weighted by Gasteiger charge is -2.30. The molecule has 1 aromatic carbocycles. The van der Waals surface area contributed by atoms with E-state index < -0.39 is 28.2 Å². The van der Waals surface area contributed by atoms with Gasteiger partial charge >= 0.3 is 0 Å². The summed E-state index contributed by atoms with van der Waals surface area (Å²) in [5, 5.41) is 3.33. The van der Waals surface area contributed by atoms with Gasteiger partial charge in [0.1, 0.15) is 12.1 Å². The Bertz CT molecular complexity index is 1000. The topological polar surface area (TPSA) is 128 Å². The molecule has 1 heterocycles. The van der Waals surface area contributed by atoms with Crippen LogP contribution >= 0.6 is 15.9 Å². The first-order chi connectivity index (χ1) is 16.7. The van der Waals surface area contributed by atoms with Crippen molar-refractivity contribution in [1.29, 1.82) is 0 Å². The van der Waals surface area contributed by atoms with Gasteiger partial charge in [0.05, 0.1) is 11.0 Å². The van der Waals surface area contributed by atoms with Crippen molar-refractivity contribution in [3.8, 4) is 0 Å². The smallest absolute Gasteiger partial charge is 0.297 e. The quantitative estimate of drug-likeness (QED) is 0.256. The Morgan fingerprint density at radius 2 is 1.81 bits per heavy atom. The Morgan fingerprint density at radius 3 is 2.28 bits per heavy atom. The molecular formula is C25H38BrN3O6S. The molecule has 0 radical (unpaired) electrons. The number of nitrogens with one attached hydrogen (secondary N) is 1. The zero-order chi connectivity index (χ0) is 27.1. The molecule has 3 atom stereocenters. The van der Waals surface area contributed by atoms with Crippen molar-refractivity contribution in [3.63, 3.8) is 0 Å². The van der Waals surface area contributed by atoms with Crippen LogP contribution in [0.15, 0.2) is 46.1 Å². The van der Waals surface area contributed by atoms with Crippen LogP contribution in [0.25, 0.3) is 0 Å². The van der Waals surface area contributed by atoms with Gasteiger partial charge in [-0.05, 0) is 68.9 Å². The normalized spacial score (nSPS) is 21.3. The second-order valence-electron chi connectivity index (χ2n) is 10.3. The number of nitrogens with two attached hydrogens (primary N) is 1. The van der Waals surface area contributed by atoms with Crippen molar-refractivity contribution in [2.45, 2.75) is 89.0 Å². The van der Waals surface area contributed by atoms with Crippen molar-refractivity contribution in [2.24, 2.45) is 11.1 Å². The average Bonchev–Trinajstić information content (AvgIpc) is 3.43. The minimum atomic E-state index is -3.96. The van der Waals surface area contributed by atoms with E-state index in [0.717, 1.165) is 15.3 Å². The Balaban J connectivity index is 0.000000269. The summed E-state index contributed by atoms with van der Waals surface area (Å²) in [7, 11) is -3.96. The molecule has 1 saturated carbocycles. The van der Waals surface area contributed by atoms with Crippen LogP contribution in [0.3, 0.4) is 0 Å². The predicted octanol–water partition coefficient (Wildman–Crippen LogP) is 3.68. The first-order valence-corrected chi connectivity index (χ1v) is 14.2. The van der Waals surface area contributed by atoms with E-state index in [9.17, 15) is 18.0 Å². The molecule has 202 valence electrons. The van der Waals surface area contributed by atoms with Crippen LogP contribution in [0, 0.1) is 5.41 Å². The summed E-state index contributed by atoms with van der Waals surface area (Å²) in [5.74, 6) is 0.0542. The SMILES string of the molecule is C=C(NC(C)C(C)(C)C)OC1CCCC1.NC(=O)C1CC(OS(=O)(=O)c2ccc(Br)cc2)CN1C=O. The lowest BCUT2D eigenvalue weighted by atomic mass is 9.88. The van der Waals surface area contributed by atoms with Crippen LogP contribution < -0.4 is 11.1 Å². The summed E-state index contributed by atoms with van der Waals surface area (Å²) in [6.07, 6.45) is 5.10. The summed E-state index contributed by atoms with van der Waals surface area (Å²) in [6, 6.07) is 5.50. The highest BCUT2D eigenvalue weighted by Crippen LogP contribution is 2.25. The van der Waals surface area contributed by atoms with Crippen molar-refractivity contribution >= 4 is 38.4 Å². The second kappa shape index (κ2) is 12.9. The van der Waals surface area contributed by atoms with Gasteiger partial charge in [0, 0.05) is 23.5 Å². The molecule has 3 rings (SSSR count). The maximum absolute atomic E-state index is 12.1. The number of hydrogen-bond donors (Lipinski definition) is 2. The number of carbonyl (C=O) groups is 2. The molecule has 11 heteroatoms. The van der Waals surface area contributed by atoms with Gasteiger partial charge in [-0.1, -0.05) is 36.7 Å². The molecule has 9 nitrogen and oxygen atoms in total. The molecular weight excluding hydrogens is 550 g/mol. The number of amides is 2.